The second-order valence-corrected chi connectivity index (χ2v) is 11.5. The van der Waals surface area contributed by atoms with Crippen molar-refractivity contribution < 1.29 is 9.53 Å². The van der Waals surface area contributed by atoms with E-state index in [1.165, 1.54) is 47.9 Å². The quantitative estimate of drug-likeness (QED) is 0.544. The third-order valence-corrected chi connectivity index (χ3v) is 8.34. The Kier molecular flexibility index (Phi) is 5.52. The van der Waals surface area contributed by atoms with E-state index < -0.39 is 0 Å². The summed E-state index contributed by atoms with van der Waals surface area (Å²) in [7, 11) is 0. The van der Waals surface area contributed by atoms with Gasteiger partial charge in [-0.25, -0.2) is 0 Å². The van der Waals surface area contributed by atoms with Crippen LogP contribution in [0.1, 0.15) is 81.2 Å². The van der Waals surface area contributed by atoms with Crippen LogP contribution < -0.4 is 0 Å². The molecular weight excluding hydrogens is 406 g/mol. The molecule has 0 spiro atoms. The fourth-order valence-electron chi connectivity index (χ4n) is 5.75. The molecule has 0 atom stereocenters. The predicted molar refractivity (Wildman–Crippen MR) is 135 cm³/mol. The van der Waals surface area contributed by atoms with Crippen molar-refractivity contribution in [2.45, 2.75) is 69.6 Å². The Morgan fingerprint density at radius 1 is 0.848 bits per heavy atom. The third-order valence-electron chi connectivity index (χ3n) is 8.34. The predicted octanol–water partition coefficient (Wildman–Crippen LogP) is 5.99. The van der Waals surface area contributed by atoms with Crippen molar-refractivity contribution in [3.63, 3.8) is 0 Å². The number of carbonyl (C=O) groups is 1. The highest BCUT2D eigenvalue weighted by atomic mass is 16.5. The van der Waals surface area contributed by atoms with Crippen LogP contribution in [0, 0.1) is 0 Å². The van der Waals surface area contributed by atoms with Crippen molar-refractivity contribution >= 4 is 12.0 Å². The molecule has 0 radical (unpaired) electrons. The Balaban J connectivity index is 1.42. The maximum absolute atomic E-state index is 12.5. The van der Waals surface area contributed by atoms with Gasteiger partial charge in [0.05, 0.1) is 13.2 Å². The summed E-state index contributed by atoms with van der Waals surface area (Å²) in [5.74, 6) is 0.0735. The molecule has 2 aromatic carbocycles. The summed E-state index contributed by atoms with van der Waals surface area (Å²) in [4.78, 5) is 14.4. The minimum atomic E-state index is 0.0735. The number of carbonyl (C=O) groups excluding carboxylic acids is 1. The topological polar surface area (TPSA) is 29.5 Å². The van der Waals surface area contributed by atoms with Crippen LogP contribution in [-0.4, -0.2) is 37.1 Å². The molecule has 3 aliphatic rings. The van der Waals surface area contributed by atoms with E-state index in [-0.39, 0.29) is 22.2 Å². The van der Waals surface area contributed by atoms with E-state index in [0.717, 1.165) is 5.56 Å². The van der Waals surface area contributed by atoms with Crippen molar-refractivity contribution in [1.29, 1.82) is 0 Å². The Bertz CT molecular complexity index is 1080. The number of hydrogen-bond donors (Lipinski definition) is 0. The number of hydrogen-bond acceptors (Lipinski definition) is 2. The lowest BCUT2D eigenvalue weighted by molar-refractivity contribution is -0.129. The molecule has 5 rings (SSSR count). The van der Waals surface area contributed by atoms with Crippen LogP contribution in [0.5, 0.6) is 0 Å². The molecule has 2 aliphatic carbocycles. The van der Waals surface area contributed by atoms with E-state index in [0.29, 0.717) is 26.3 Å². The number of amides is 1. The third kappa shape index (κ3) is 4.17. The van der Waals surface area contributed by atoms with Gasteiger partial charge in [0.2, 0.25) is 5.91 Å². The minimum Gasteiger partial charge on any atom is -0.378 e. The van der Waals surface area contributed by atoms with Gasteiger partial charge in [-0.05, 0) is 70.4 Å². The molecule has 1 amide bonds. The standard InChI is InChI=1S/C30H37NO2/c1-28(2)12-13-29(3,4)26-21-24(9-10-25(26)28)30(14-15-30)23-7-5-6-22(20-23)8-11-27(32)31-16-18-33-19-17-31/h5-11,20-21H,12-19H2,1-4H3. The Labute approximate surface area is 198 Å². The number of rotatable bonds is 4. The molecule has 0 unspecified atom stereocenters. The monoisotopic (exact) mass is 443 g/mol. The molecule has 0 aromatic heterocycles. The Hall–Kier alpha value is -2.39. The highest BCUT2D eigenvalue weighted by Gasteiger charge is 2.47. The molecule has 3 nitrogen and oxygen atoms in total. The Morgan fingerprint density at radius 3 is 2.21 bits per heavy atom. The number of fused-ring (bicyclic) bond motifs is 1. The van der Waals surface area contributed by atoms with Crippen LogP contribution in [0.25, 0.3) is 6.08 Å². The van der Waals surface area contributed by atoms with Gasteiger partial charge in [-0.15, -0.1) is 0 Å². The van der Waals surface area contributed by atoms with Crippen LogP contribution >= 0.6 is 0 Å². The van der Waals surface area contributed by atoms with Crippen LogP contribution in [0.2, 0.25) is 0 Å². The maximum atomic E-state index is 12.5. The zero-order valence-corrected chi connectivity index (χ0v) is 20.6. The van der Waals surface area contributed by atoms with E-state index >= 15 is 0 Å². The zero-order valence-electron chi connectivity index (χ0n) is 20.6. The van der Waals surface area contributed by atoms with Gasteiger partial charge in [-0.1, -0.05) is 70.2 Å². The van der Waals surface area contributed by atoms with Crippen LogP contribution in [0.4, 0.5) is 0 Å². The van der Waals surface area contributed by atoms with Gasteiger partial charge >= 0.3 is 0 Å². The Morgan fingerprint density at radius 2 is 1.52 bits per heavy atom. The summed E-state index contributed by atoms with van der Waals surface area (Å²) >= 11 is 0. The summed E-state index contributed by atoms with van der Waals surface area (Å²) in [6.45, 7) is 12.2. The van der Waals surface area contributed by atoms with Gasteiger partial charge < -0.3 is 9.64 Å². The fourth-order valence-corrected chi connectivity index (χ4v) is 5.75. The summed E-state index contributed by atoms with van der Waals surface area (Å²) < 4.78 is 5.36. The number of ether oxygens (including phenoxy) is 1. The first-order chi connectivity index (χ1) is 15.7. The van der Waals surface area contributed by atoms with Gasteiger partial charge in [-0.3, -0.25) is 4.79 Å². The molecule has 2 fully saturated rings. The molecule has 33 heavy (non-hydrogen) atoms. The highest BCUT2D eigenvalue weighted by Crippen LogP contribution is 2.55. The largest absolute Gasteiger partial charge is 0.378 e. The van der Waals surface area contributed by atoms with Crippen molar-refractivity contribution in [3.05, 3.63) is 76.4 Å². The fraction of sp³-hybridized carbons (Fsp3) is 0.500. The maximum Gasteiger partial charge on any atom is 0.246 e. The second kappa shape index (κ2) is 8.13. The van der Waals surface area contributed by atoms with E-state index in [9.17, 15) is 4.79 Å². The van der Waals surface area contributed by atoms with E-state index in [4.69, 9.17) is 4.74 Å². The molecule has 1 heterocycles. The molecule has 1 saturated heterocycles. The SMILES string of the molecule is CC1(C)CCC(C)(C)c2cc(C3(c4cccc(C=CC(=O)N5CCOCC5)c4)CC3)ccc21. The summed E-state index contributed by atoms with van der Waals surface area (Å²) in [5, 5.41) is 0. The van der Waals surface area contributed by atoms with Crippen molar-refractivity contribution in [2.24, 2.45) is 0 Å². The van der Waals surface area contributed by atoms with E-state index in [1.54, 1.807) is 6.08 Å². The first-order valence-electron chi connectivity index (χ1n) is 12.5. The van der Waals surface area contributed by atoms with E-state index in [2.05, 4.69) is 70.2 Å². The number of benzene rings is 2. The lowest BCUT2D eigenvalue weighted by Crippen LogP contribution is -2.39. The normalized spacial score (nSPS) is 22.7. The number of nitrogens with zero attached hydrogens (tertiary/aromatic N) is 1. The number of morpholine rings is 1. The second-order valence-electron chi connectivity index (χ2n) is 11.5. The summed E-state index contributed by atoms with van der Waals surface area (Å²) in [6.07, 6.45) is 8.55. The molecule has 174 valence electrons. The van der Waals surface area contributed by atoms with Gasteiger partial charge in [0.25, 0.3) is 0 Å². The van der Waals surface area contributed by atoms with Gasteiger partial charge in [-0.2, -0.15) is 0 Å². The smallest absolute Gasteiger partial charge is 0.246 e. The van der Waals surface area contributed by atoms with Crippen molar-refractivity contribution in [2.75, 3.05) is 26.3 Å². The molecule has 0 N–H and O–H groups in total. The first kappa shape index (κ1) is 22.4. The highest BCUT2D eigenvalue weighted by molar-refractivity contribution is 5.91. The average Bonchev–Trinajstić information content (AvgIpc) is 3.63. The van der Waals surface area contributed by atoms with Crippen LogP contribution in [-0.2, 0) is 25.8 Å². The average molecular weight is 444 g/mol. The molecular formula is C30H37NO2. The lowest BCUT2D eigenvalue weighted by Gasteiger charge is -2.42. The molecule has 1 saturated carbocycles. The van der Waals surface area contributed by atoms with Gasteiger partial charge in [0.15, 0.2) is 0 Å². The summed E-state index contributed by atoms with van der Waals surface area (Å²) in [6, 6.07) is 16.1. The van der Waals surface area contributed by atoms with Gasteiger partial charge in [0, 0.05) is 24.6 Å². The molecule has 1 aliphatic heterocycles. The first-order valence-corrected chi connectivity index (χ1v) is 12.5. The van der Waals surface area contributed by atoms with E-state index in [1.807, 2.05) is 11.0 Å². The lowest BCUT2D eigenvalue weighted by atomic mass is 9.62. The molecule has 0 bridgehead atoms. The van der Waals surface area contributed by atoms with Crippen LogP contribution in [0.15, 0.2) is 48.5 Å². The zero-order chi connectivity index (χ0) is 23.3. The van der Waals surface area contributed by atoms with Crippen LogP contribution in [0.3, 0.4) is 0 Å². The van der Waals surface area contributed by atoms with Crippen molar-refractivity contribution in [3.8, 4) is 0 Å². The summed E-state index contributed by atoms with van der Waals surface area (Å²) in [5.41, 5.74) is 7.57. The molecule has 2 aromatic rings. The van der Waals surface area contributed by atoms with Crippen molar-refractivity contribution in [1.82, 2.24) is 4.90 Å². The van der Waals surface area contributed by atoms with Gasteiger partial charge in [0.1, 0.15) is 0 Å². The molecule has 3 heteroatoms. The minimum absolute atomic E-state index is 0.0735.